The van der Waals surface area contributed by atoms with E-state index >= 15 is 0 Å². The van der Waals surface area contributed by atoms with Gasteiger partial charge in [-0.1, -0.05) is 30.0 Å². The van der Waals surface area contributed by atoms with Gasteiger partial charge >= 0.3 is 0 Å². The van der Waals surface area contributed by atoms with E-state index in [1.54, 1.807) is 0 Å². The minimum Gasteiger partial charge on any atom is -0.486 e. The van der Waals surface area contributed by atoms with Gasteiger partial charge in [0.2, 0.25) is 5.91 Å². The van der Waals surface area contributed by atoms with E-state index in [4.69, 9.17) is 9.47 Å². The van der Waals surface area contributed by atoms with E-state index in [-0.39, 0.29) is 11.9 Å². The molecule has 0 radical (unpaired) electrons. The predicted molar refractivity (Wildman–Crippen MR) is 120 cm³/mol. The van der Waals surface area contributed by atoms with Crippen LogP contribution in [0.15, 0.2) is 47.6 Å². The molecule has 1 atom stereocenters. The Morgan fingerprint density at radius 3 is 2.77 bits per heavy atom. The van der Waals surface area contributed by atoms with Gasteiger partial charge in [0.1, 0.15) is 13.2 Å². The zero-order valence-electron chi connectivity index (χ0n) is 17.6. The lowest BCUT2D eigenvalue weighted by molar-refractivity contribution is -0.116. The SMILES string of the molecule is CCn1c(SCC(=O)N2c3ccccc3CC2C)nnc1-c1ccc2c(c1)OCCO2. The number of aromatic nitrogens is 3. The lowest BCUT2D eigenvalue weighted by Gasteiger charge is -2.22. The number of amides is 1. The first-order valence-corrected chi connectivity index (χ1v) is 11.5. The number of thioether (sulfide) groups is 1. The maximum atomic E-state index is 13.0. The van der Waals surface area contributed by atoms with Crippen molar-refractivity contribution in [1.82, 2.24) is 14.8 Å². The molecule has 0 bridgehead atoms. The lowest BCUT2D eigenvalue weighted by atomic mass is 10.1. The van der Waals surface area contributed by atoms with E-state index in [2.05, 4.69) is 30.1 Å². The van der Waals surface area contributed by atoms with Gasteiger partial charge in [-0.3, -0.25) is 4.79 Å². The van der Waals surface area contributed by atoms with E-state index in [0.717, 1.165) is 40.2 Å². The normalized spacial score (nSPS) is 17.0. The molecule has 0 fully saturated rings. The number of hydrogen-bond donors (Lipinski definition) is 0. The number of para-hydroxylation sites is 1. The van der Waals surface area contributed by atoms with Gasteiger partial charge in [0.15, 0.2) is 22.5 Å². The number of rotatable bonds is 5. The van der Waals surface area contributed by atoms with Crippen molar-refractivity contribution in [2.75, 3.05) is 23.9 Å². The van der Waals surface area contributed by atoms with Gasteiger partial charge < -0.3 is 18.9 Å². The lowest BCUT2D eigenvalue weighted by Crippen LogP contribution is -2.37. The molecular formula is C23H24N4O3S. The molecule has 3 aromatic rings. The molecule has 0 saturated heterocycles. The Labute approximate surface area is 185 Å². The molecule has 1 unspecified atom stereocenters. The first-order chi connectivity index (χ1) is 15.2. The molecule has 1 amide bonds. The van der Waals surface area contributed by atoms with Crippen molar-refractivity contribution < 1.29 is 14.3 Å². The Morgan fingerprint density at radius 1 is 1.13 bits per heavy atom. The Kier molecular flexibility index (Phi) is 5.31. The molecule has 8 heteroatoms. The van der Waals surface area contributed by atoms with Crippen LogP contribution in [-0.4, -0.2) is 45.7 Å². The summed E-state index contributed by atoms with van der Waals surface area (Å²) in [5, 5.41) is 9.51. The van der Waals surface area contributed by atoms with Crippen LogP contribution in [0.2, 0.25) is 0 Å². The second-order valence-corrected chi connectivity index (χ2v) is 8.59. The number of fused-ring (bicyclic) bond motifs is 2. The molecule has 0 saturated carbocycles. The van der Waals surface area contributed by atoms with Crippen molar-refractivity contribution in [2.24, 2.45) is 0 Å². The summed E-state index contributed by atoms with van der Waals surface area (Å²) in [6, 6.07) is 14.1. The van der Waals surface area contributed by atoms with Crippen LogP contribution in [0.1, 0.15) is 19.4 Å². The Bertz CT molecular complexity index is 1130. The Balaban J connectivity index is 1.34. The van der Waals surface area contributed by atoms with Crippen LogP contribution >= 0.6 is 11.8 Å². The van der Waals surface area contributed by atoms with Crippen LogP contribution < -0.4 is 14.4 Å². The van der Waals surface area contributed by atoms with Gasteiger partial charge in [-0.05, 0) is 50.1 Å². The Morgan fingerprint density at radius 2 is 1.94 bits per heavy atom. The van der Waals surface area contributed by atoms with E-state index < -0.39 is 0 Å². The molecule has 0 spiro atoms. The van der Waals surface area contributed by atoms with Gasteiger partial charge in [-0.15, -0.1) is 10.2 Å². The second kappa shape index (κ2) is 8.26. The number of nitrogens with zero attached hydrogens (tertiary/aromatic N) is 4. The van der Waals surface area contributed by atoms with Crippen molar-refractivity contribution in [3.05, 3.63) is 48.0 Å². The molecule has 5 rings (SSSR count). The first-order valence-electron chi connectivity index (χ1n) is 10.5. The molecule has 3 heterocycles. The number of carbonyl (C=O) groups is 1. The number of hydrogen-bond acceptors (Lipinski definition) is 6. The van der Waals surface area contributed by atoms with Gasteiger partial charge in [0, 0.05) is 23.8 Å². The van der Waals surface area contributed by atoms with Crippen molar-refractivity contribution >= 4 is 23.4 Å². The highest BCUT2D eigenvalue weighted by molar-refractivity contribution is 7.99. The van der Waals surface area contributed by atoms with Crippen LogP contribution in [0.3, 0.4) is 0 Å². The largest absolute Gasteiger partial charge is 0.486 e. The summed E-state index contributed by atoms with van der Waals surface area (Å²) in [6.07, 6.45) is 0.895. The predicted octanol–water partition coefficient (Wildman–Crippen LogP) is 3.81. The molecule has 2 aliphatic rings. The summed E-state index contributed by atoms with van der Waals surface area (Å²) in [4.78, 5) is 15.0. The quantitative estimate of drug-likeness (QED) is 0.567. The summed E-state index contributed by atoms with van der Waals surface area (Å²) in [7, 11) is 0. The molecule has 7 nitrogen and oxygen atoms in total. The van der Waals surface area contributed by atoms with E-state index in [1.165, 1.54) is 17.3 Å². The third-order valence-corrected chi connectivity index (χ3v) is 6.59. The number of ether oxygens (including phenoxy) is 2. The summed E-state index contributed by atoms with van der Waals surface area (Å²) >= 11 is 1.43. The fourth-order valence-electron chi connectivity index (χ4n) is 4.22. The van der Waals surface area contributed by atoms with Crippen LogP contribution in [-0.2, 0) is 17.8 Å². The second-order valence-electron chi connectivity index (χ2n) is 7.64. The zero-order chi connectivity index (χ0) is 21.4. The standard InChI is InChI=1S/C23H24N4O3S/c1-3-26-22(17-8-9-19-20(13-17)30-11-10-29-19)24-25-23(26)31-14-21(28)27-15(2)12-16-6-4-5-7-18(16)27/h4-9,13,15H,3,10-12,14H2,1-2H3. The van der Waals surface area contributed by atoms with Crippen LogP contribution in [0, 0.1) is 0 Å². The van der Waals surface area contributed by atoms with Gasteiger partial charge in [0.25, 0.3) is 0 Å². The summed E-state index contributed by atoms with van der Waals surface area (Å²) in [5.41, 5.74) is 3.17. The molecule has 2 aromatic carbocycles. The molecule has 160 valence electrons. The molecule has 0 aliphatic carbocycles. The number of benzene rings is 2. The summed E-state index contributed by atoms with van der Waals surface area (Å²) in [5.74, 6) is 2.64. The third-order valence-electron chi connectivity index (χ3n) is 5.63. The van der Waals surface area contributed by atoms with Crippen LogP contribution in [0.4, 0.5) is 5.69 Å². The highest BCUT2D eigenvalue weighted by Crippen LogP contribution is 2.36. The maximum Gasteiger partial charge on any atom is 0.237 e. The van der Waals surface area contributed by atoms with Crippen molar-refractivity contribution in [2.45, 2.75) is 38.0 Å². The molecular weight excluding hydrogens is 412 g/mol. The minimum absolute atomic E-state index is 0.0917. The Hall–Kier alpha value is -3.00. The zero-order valence-corrected chi connectivity index (χ0v) is 18.4. The summed E-state index contributed by atoms with van der Waals surface area (Å²) < 4.78 is 13.3. The van der Waals surface area contributed by atoms with Crippen LogP contribution in [0.25, 0.3) is 11.4 Å². The average Bonchev–Trinajstić information content (AvgIpc) is 3.36. The summed E-state index contributed by atoms with van der Waals surface area (Å²) in [6.45, 7) is 5.95. The average molecular weight is 437 g/mol. The van der Waals surface area contributed by atoms with Crippen molar-refractivity contribution in [1.29, 1.82) is 0 Å². The van der Waals surface area contributed by atoms with Gasteiger partial charge in [0.05, 0.1) is 5.75 Å². The highest BCUT2D eigenvalue weighted by atomic mass is 32.2. The fourth-order valence-corrected chi connectivity index (χ4v) is 5.08. The van der Waals surface area contributed by atoms with Crippen LogP contribution in [0.5, 0.6) is 11.5 Å². The number of anilines is 1. The highest BCUT2D eigenvalue weighted by Gasteiger charge is 2.30. The maximum absolute atomic E-state index is 13.0. The van der Waals surface area contributed by atoms with E-state index in [0.29, 0.717) is 25.5 Å². The molecule has 1 aromatic heterocycles. The smallest absolute Gasteiger partial charge is 0.237 e. The molecule has 2 aliphatic heterocycles. The van der Waals surface area contributed by atoms with Gasteiger partial charge in [-0.2, -0.15) is 0 Å². The minimum atomic E-state index is 0.0917. The molecule has 0 N–H and O–H groups in total. The van der Waals surface area contributed by atoms with Crippen molar-refractivity contribution in [3.63, 3.8) is 0 Å². The third kappa shape index (κ3) is 3.65. The fraction of sp³-hybridized carbons (Fsp3) is 0.348. The topological polar surface area (TPSA) is 69.5 Å². The van der Waals surface area contributed by atoms with Crippen molar-refractivity contribution in [3.8, 4) is 22.9 Å². The number of carbonyl (C=O) groups excluding carboxylic acids is 1. The van der Waals surface area contributed by atoms with E-state index in [1.807, 2.05) is 45.9 Å². The van der Waals surface area contributed by atoms with Gasteiger partial charge in [-0.25, -0.2) is 0 Å². The molecule has 31 heavy (non-hydrogen) atoms. The van der Waals surface area contributed by atoms with E-state index in [9.17, 15) is 4.79 Å². The monoisotopic (exact) mass is 436 g/mol. The first kappa shape index (κ1) is 19.9.